The third-order valence-corrected chi connectivity index (χ3v) is 2.70. The van der Waals surface area contributed by atoms with Crippen molar-refractivity contribution in [1.82, 2.24) is 10.6 Å². The molecule has 0 fully saturated rings. The highest BCUT2D eigenvalue weighted by Crippen LogP contribution is 2.11. The Bertz CT molecular complexity index is 358. The summed E-state index contributed by atoms with van der Waals surface area (Å²) in [4.78, 5) is 11.3. The van der Waals surface area contributed by atoms with E-state index in [9.17, 15) is 4.79 Å². The maximum atomic E-state index is 11.3. The molecule has 0 atom stereocenters. The van der Waals surface area contributed by atoms with Gasteiger partial charge in [-0.25, -0.2) is 4.79 Å². The van der Waals surface area contributed by atoms with Crippen LogP contribution in [-0.2, 0) is 6.42 Å². The van der Waals surface area contributed by atoms with Gasteiger partial charge in [0, 0.05) is 24.2 Å². The molecule has 0 aliphatic heterocycles. The molecule has 0 aromatic heterocycles. The number of nitrogens with one attached hydrogen (secondary N) is 2. The molecular formula is C12H17BrN2O2. The molecule has 0 bridgehead atoms. The molecule has 0 radical (unpaired) electrons. The summed E-state index contributed by atoms with van der Waals surface area (Å²) in [5.74, 6) is 0. The van der Waals surface area contributed by atoms with E-state index in [1.54, 1.807) is 0 Å². The maximum absolute atomic E-state index is 11.3. The molecule has 5 heteroatoms. The van der Waals surface area contributed by atoms with Crippen LogP contribution in [0, 0.1) is 0 Å². The minimum atomic E-state index is -0.187. The van der Waals surface area contributed by atoms with E-state index in [1.807, 2.05) is 24.3 Å². The number of rotatable bonds is 6. The molecular weight excluding hydrogens is 284 g/mol. The Morgan fingerprint density at radius 3 is 2.76 bits per heavy atom. The van der Waals surface area contributed by atoms with E-state index in [-0.39, 0.29) is 12.6 Å². The van der Waals surface area contributed by atoms with Crippen molar-refractivity contribution in [2.24, 2.45) is 0 Å². The molecule has 4 nitrogen and oxygen atoms in total. The normalized spacial score (nSPS) is 10.0. The van der Waals surface area contributed by atoms with Crippen LogP contribution < -0.4 is 10.6 Å². The Labute approximate surface area is 110 Å². The van der Waals surface area contributed by atoms with Gasteiger partial charge in [0.15, 0.2) is 0 Å². The number of aliphatic hydroxyl groups is 1. The smallest absolute Gasteiger partial charge is 0.314 e. The molecule has 17 heavy (non-hydrogen) atoms. The minimum absolute atomic E-state index is 0.0956. The standard InChI is InChI=1S/C12H17BrN2O2/c13-11-4-1-3-10(9-11)5-7-15-12(17)14-6-2-8-16/h1,3-4,9,16H,2,5-8H2,(H2,14,15,17). The van der Waals surface area contributed by atoms with Gasteiger partial charge in [-0.05, 0) is 30.5 Å². The first-order valence-electron chi connectivity index (χ1n) is 5.59. The number of hydrogen-bond acceptors (Lipinski definition) is 2. The summed E-state index contributed by atoms with van der Waals surface area (Å²) in [6.45, 7) is 1.19. The summed E-state index contributed by atoms with van der Waals surface area (Å²) in [6.07, 6.45) is 1.38. The fraction of sp³-hybridized carbons (Fsp3) is 0.417. The SMILES string of the molecule is O=C(NCCCO)NCCc1cccc(Br)c1. The van der Waals surface area contributed by atoms with E-state index >= 15 is 0 Å². The number of hydrogen-bond donors (Lipinski definition) is 3. The van der Waals surface area contributed by atoms with Gasteiger partial charge in [0.1, 0.15) is 0 Å². The highest BCUT2D eigenvalue weighted by Gasteiger charge is 1.99. The monoisotopic (exact) mass is 300 g/mol. The summed E-state index contributed by atoms with van der Waals surface area (Å²) in [6, 6.07) is 7.81. The second-order valence-corrected chi connectivity index (χ2v) is 4.56. The Hall–Kier alpha value is -1.07. The van der Waals surface area contributed by atoms with Gasteiger partial charge in [-0.15, -0.1) is 0 Å². The lowest BCUT2D eigenvalue weighted by Crippen LogP contribution is -2.37. The summed E-state index contributed by atoms with van der Waals surface area (Å²) in [7, 11) is 0. The average molecular weight is 301 g/mol. The number of amides is 2. The van der Waals surface area contributed by atoms with Crippen LogP contribution >= 0.6 is 15.9 Å². The van der Waals surface area contributed by atoms with Gasteiger partial charge in [0.2, 0.25) is 0 Å². The number of urea groups is 1. The van der Waals surface area contributed by atoms with Gasteiger partial charge in [0.05, 0.1) is 0 Å². The van der Waals surface area contributed by atoms with Gasteiger partial charge in [-0.1, -0.05) is 28.1 Å². The Balaban J connectivity index is 2.17. The van der Waals surface area contributed by atoms with Crippen LogP contribution in [-0.4, -0.2) is 30.8 Å². The number of aliphatic hydroxyl groups excluding tert-OH is 1. The topological polar surface area (TPSA) is 61.4 Å². The second-order valence-electron chi connectivity index (χ2n) is 3.64. The zero-order valence-corrected chi connectivity index (χ0v) is 11.2. The molecule has 3 N–H and O–H groups in total. The van der Waals surface area contributed by atoms with Gasteiger partial charge >= 0.3 is 6.03 Å². The lowest BCUT2D eigenvalue weighted by molar-refractivity contribution is 0.238. The van der Waals surface area contributed by atoms with Crippen LogP contribution in [0.4, 0.5) is 4.79 Å². The molecule has 1 aromatic rings. The third-order valence-electron chi connectivity index (χ3n) is 2.21. The molecule has 0 aliphatic rings. The minimum Gasteiger partial charge on any atom is -0.396 e. The van der Waals surface area contributed by atoms with Gasteiger partial charge in [-0.2, -0.15) is 0 Å². The van der Waals surface area contributed by atoms with E-state index in [0.717, 1.165) is 10.9 Å². The highest BCUT2D eigenvalue weighted by atomic mass is 79.9. The molecule has 0 spiro atoms. The molecule has 94 valence electrons. The zero-order chi connectivity index (χ0) is 12.5. The first-order chi connectivity index (χ1) is 8.22. The molecule has 1 aromatic carbocycles. The molecule has 1 rings (SSSR count). The van der Waals surface area contributed by atoms with Crippen molar-refractivity contribution < 1.29 is 9.90 Å². The van der Waals surface area contributed by atoms with Crippen molar-refractivity contribution in [3.63, 3.8) is 0 Å². The number of carbonyl (C=O) groups excluding carboxylic acids is 1. The van der Waals surface area contributed by atoms with Gasteiger partial charge < -0.3 is 15.7 Å². The van der Waals surface area contributed by atoms with E-state index in [4.69, 9.17) is 5.11 Å². The molecule has 0 saturated heterocycles. The van der Waals surface area contributed by atoms with Crippen LogP contribution in [0.5, 0.6) is 0 Å². The van der Waals surface area contributed by atoms with Crippen molar-refractivity contribution in [3.8, 4) is 0 Å². The van der Waals surface area contributed by atoms with Crippen LogP contribution in [0.15, 0.2) is 28.7 Å². The maximum Gasteiger partial charge on any atom is 0.314 e. The van der Waals surface area contributed by atoms with Crippen molar-refractivity contribution in [2.75, 3.05) is 19.7 Å². The van der Waals surface area contributed by atoms with E-state index in [0.29, 0.717) is 19.5 Å². The van der Waals surface area contributed by atoms with Crippen molar-refractivity contribution >= 4 is 22.0 Å². The molecule has 2 amide bonds. The van der Waals surface area contributed by atoms with Crippen molar-refractivity contribution in [1.29, 1.82) is 0 Å². The van der Waals surface area contributed by atoms with Crippen LogP contribution in [0.3, 0.4) is 0 Å². The average Bonchev–Trinajstić information content (AvgIpc) is 2.29. The number of carbonyl (C=O) groups is 1. The Morgan fingerprint density at radius 1 is 1.29 bits per heavy atom. The summed E-state index contributed by atoms with van der Waals surface area (Å²) in [5, 5.41) is 14.0. The lowest BCUT2D eigenvalue weighted by atomic mass is 10.1. The molecule has 0 heterocycles. The first-order valence-corrected chi connectivity index (χ1v) is 6.38. The number of halogens is 1. The molecule has 0 unspecified atom stereocenters. The van der Waals surface area contributed by atoms with E-state index in [1.165, 1.54) is 5.56 Å². The van der Waals surface area contributed by atoms with Crippen LogP contribution in [0.25, 0.3) is 0 Å². The fourth-order valence-electron chi connectivity index (χ4n) is 1.36. The largest absolute Gasteiger partial charge is 0.396 e. The summed E-state index contributed by atoms with van der Waals surface area (Å²) in [5.41, 5.74) is 1.18. The zero-order valence-electron chi connectivity index (χ0n) is 9.58. The van der Waals surface area contributed by atoms with Gasteiger partial charge in [-0.3, -0.25) is 0 Å². The van der Waals surface area contributed by atoms with Crippen LogP contribution in [0.1, 0.15) is 12.0 Å². The quantitative estimate of drug-likeness (QED) is 0.700. The first kappa shape index (κ1) is 14.0. The van der Waals surface area contributed by atoms with E-state index in [2.05, 4.69) is 26.6 Å². The molecule has 0 aliphatic carbocycles. The summed E-state index contributed by atoms with van der Waals surface area (Å²) >= 11 is 3.40. The fourth-order valence-corrected chi connectivity index (χ4v) is 1.80. The highest BCUT2D eigenvalue weighted by molar-refractivity contribution is 9.10. The summed E-state index contributed by atoms with van der Waals surface area (Å²) < 4.78 is 1.04. The predicted octanol–water partition coefficient (Wildman–Crippen LogP) is 1.67. The Kier molecular flexibility index (Phi) is 6.65. The van der Waals surface area contributed by atoms with Crippen LogP contribution in [0.2, 0.25) is 0 Å². The van der Waals surface area contributed by atoms with Crippen molar-refractivity contribution in [2.45, 2.75) is 12.8 Å². The second kappa shape index (κ2) is 8.08. The Morgan fingerprint density at radius 2 is 2.06 bits per heavy atom. The third kappa shape index (κ3) is 6.28. The molecule has 0 saturated carbocycles. The van der Waals surface area contributed by atoms with Crippen molar-refractivity contribution in [3.05, 3.63) is 34.3 Å². The lowest BCUT2D eigenvalue weighted by Gasteiger charge is -2.07. The van der Waals surface area contributed by atoms with Gasteiger partial charge in [0.25, 0.3) is 0 Å². The van der Waals surface area contributed by atoms with E-state index < -0.39 is 0 Å². The predicted molar refractivity (Wildman–Crippen MR) is 71.0 cm³/mol. The number of benzene rings is 1.